The molecule has 8 heteroatoms. The quantitative estimate of drug-likeness (QED) is 0.640. The molecule has 1 unspecified atom stereocenters. The summed E-state index contributed by atoms with van der Waals surface area (Å²) in [7, 11) is 0. The van der Waals surface area contributed by atoms with Gasteiger partial charge in [0, 0.05) is 13.1 Å². The van der Waals surface area contributed by atoms with Crippen LogP contribution in [0.3, 0.4) is 0 Å². The number of nitrogens with one attached hydrogen (secondary N) is 1. The maximum atomic E-state index is 12.8. The van der Waals surface area contributed by atoms with Crippen LogP contribution in [0.15, 0.2) is 12.1 Å². The lowest BCUT2D eigenvalue weighted by molar-refractivity contribution is -0.141. The number of ether oxygens (including phenoxy) is 1. The first kappa shape index (κ1) is 14.6. The number of nitrogen functional groups attached to an aromatic ring is 1. The molecule has 0 aliphatic carbocycles. The van der Waals surface area contributed by atoms with Gasteiger partial charge < -0.3 is 15.4 Å². The second-order valence-corrected chi connectivity index (χ2v) is 4.61. The number of hydrogen-bond donors (Lipinski definition) is 2. The molecule has 1 aliphatic heterocycles. The first-order valence-electron chi connectivity index (χ1n) is 6.08. The molecule has 1 aromatic rings. The maximum absolute atomic E-state index is 12.8. The van der Waals surface area contributed by atoms with Crippen LogP contribution in [0.2, 0.25) is 0 Å². The van der Waals surface area contributed by atoms with Crippen LogP contribution in [0.1, 0.15) is 18.2 Å². The summed E-state index contributed by atoms with van der Waals surface area (Å²) < 4.78 is 43.6. The zero-order chi connectivity index (χ0) is 14.9. The minimum absolute atomic E-state index is 0.0856. The van der Waals surface area contributed by atoms with Crippen LogP contribution in [-0.4, -0.2) is 36.6 Å². The number of halogens is 3. The Kier molecular flexibility index (Phi) is 3.85. The van der Waals surface area contributed by atoms with Crippen LogP contribution < -0.4 is 10.6 Å². The minimum atomic E-state index is -4.53. The molecule has 2 rings (SSSR count). The highest BCUT2D eigenvalue weighted by atomic mass is 19.4. The fourth-order valence-corrected chi connectivity index (χ4v) is 2.07. The third kappa shape index (κ3) is 3.01. The van der Waals surface area contributed by atoms with Crippen molar-refractivity contribution < 1.29 is 17.9 Å². The second-order valence-electron chi connectivity index (χ2n) is 4.61. The van der Waals surface area contributed by atoms with Gasteiger partial charge in [0.25, 0.3) is 0 Å². The molecule has 3 N–H and O–H groups in total. The predicted molar refractivity (Wildman–Crippen MR) is 67.9 cm³/mol. The molecule has 0 radical (unpaired) electrons. The van der Waals surface area contributed by atoms with E-state index in [4.69, 9.17) is 15.9 Å². The number of hydrogen-bond acceptors (Lipinski definition) is 4. The van der Waals surface area contributed by atoms with Crippen molar-refractivity contribution in [2.45, 2.75) is 19.2 Å². The lowest BCUT2D eigenvalue weighted by atomic mass is 10.1. The average Bonchev–Trinajstić information content (AvgIpc) is 2.37. The summed E-state index contributed by atoms with van der Waals surface area (Å²) in [6.45, 7) is 3.05. The highest BCUT2D eigenvalue weighted by Crippen LogP contribution is 2.31. The van der Waals surface area contributed by atoms with E-state index in [1.165, 1.54) is 6.07 Å². The lowest BCUT2D eigenvalue weighted by Crippen LogP contribution is -2.42. The van der Waals surface area contributed by atoms with Gasteiger partial charge in [0.1, 0.15) is 17.3 Å². The fourth-order valence-electron chi connectivity index (χ4n) is 2.07. The monoisotopic (exact) mass is 288 g/mol. The Bertz CT molecular complexity index is 518. The fraction of sp³-hybridized carbons (Fsp3) is 0.500. The Hall–Kier alpha value is -1.83. The van der Waals surface area contributed by atoms with Crippen molar-refractivity contribution >= 4 is 11.7 Å². The number of nitrogens with zero attached hydrogens (tertiary/aromatic N) is 2. The van der Waals surface area contributed by atoms with E-state index < -0.39 is 11.9 Å². The molecule has 1 saturated heterocycles. The van der Waals surface area contributed by atoms with Crippen LogP contribution in [-0.2, 0) is 10.9 Å². The van der Waals surface area contributed by atoms with E-state index in [1.807, 2.05) is 6.92 Å². The Morgan fingerprint density at radius 3 is 2.75 bits per heavy atom. The summed E-state index contributed by atoms with van der Waals surface area (Å²) in [6, 6.07) is 2.03. The summed E-state index contributed by atoms with van der Waals surface area (Å²) >= 11 is 0. The molecule has 0 spiro atoms. The number of nitrogens with two attached hydrogens (primary N) is 1. The highest BCUT2D eigenvalue weighted by Gasteiger charge is 2.34. The Balaban J connectivity index is 2.44. The van der Waals surface area contributed by atoms with Gasteiger partial charge in [0.2, 0.25) is 0 Å². The Labute approximate surface area is 114 Å². The van der Waals surface area contributed by atoms with Gasteiger partial charge in [0.15, 0.2) is 0 Å². The molecular formula is C12H15F3N4O. The SMILES string of the molecule is CC1CN(c2nc(C(F)(F)F)ccc2C(=N)N)CCO1. The van der Waals surface area contributed by atoms with E-state index in [0.717, 1.165) is 6.07 Å². The van der Waals surface area contributed by atoms with Crippen molar-refractivity contribution in [1.29, 1.82) is 5.41 Å². The van der Waals surface area contributed by atoms with E-state index in [0.29, 0.717) is 19.7 Å². The predicted octanol–water partition coefficient (Wildman–Crippen LogP) is 1.61. The van der Waals surface area contributed by atoms with Crippen LogP contribution in [0, 0.1) is 5.41 Å². The van der Waals surface area contributed by atoms with Gasteiger partial charge in [-0.1, -0.05) is 0 Å². The molecule has 2 heterocycles. The summed E-state index contributed by atoms with van der Waals surface area (Å²) in [4.78, 5) is 5.31. The van der Waals surface area contributed by atoms with E-state index in [1.54, 1.807) is 4.90 Å². The zero-order valence-electron chi connectivity index (χ0n) is 10.9. The van der Waals surface area contributed by atoms with Crippen LogP contribution in [0.25, 0.3) is 0 Å². The van der Waals surface area contributed by atoms with Gasteiger partial charge >= 0.3 is 6.18 Å². The largest absolute Gasteiger partial charge is 0.433 e. The third-order valence-corrected chi connectivity index (χ3v) is 3.00. The second kappa shape index (κ2) is 5.28. The number of anilines is 1. The molecular weight excluding hydrogens is 273 g/mol. The van der Waals surface area contributed by atoms with E-state index in [2.05, 4.69) is 4.98 Å². The molecule has 0 bridgehead atoms. The standard InChI is InChI=1S/C12H15F3N4O/c1-7-6-19(4-5-20-7)11-8(10(16)17)2-3-9(18-11)12(13,14)15/h2-3,7H,4-6H2,1H3,(H3,16,17). The van der Waals surface area contributed by atoms with Crippen molar-refractivity contribution in [3.63, 3.8) is 0 Å². The molecule has 1 aromatic heterocycles. The van der Waals surface area contributed by atoms with Crippen molar-refractivity contribution in [2.24, 2.45) is 5.73 Å². The molecule has 0 amide bonds. The summed E-state index contributed by atoms with van der Waals surface area (Å²) in [5.41, 5.74) is 4.63. The Morgan fingerprint density at radius 1 is 1.50 bits per heavy atom. The first-order chi connectivity index (χ1) is 9.29. The summed E-state index contributed by atoms with van der Waals surface area (Å²) in [6.07, 6.45) is -4.64. The molecule has 0 aromatic carbocycles. The normalized spacial score (nSPS) is 20.0. The van der Waals surface area contributed by atoms with Gasteiger partial charge in [-0.25, -0.2) is 4.98 Å². The van der Waals surface area contributed by atoms with Gasteiger partial charge in [-0.3, -0.25) is 5.41 Å². The van der Waals surface area contributed by atoms with Crippen molar-refractivity contribution in [1.82, 2.24) is 4.98 Å². The molecule has 1 fully saturated rings. The van der Waals surface area contributed by atoms with Gasteiger partial charge in [-0.05, 0) is 19.1 Å². The number of pyridine rings is 1. The van der Waals surface area contributed by atoms with Crippen molar-refractivity contribution in [3.8, 4) is 0 Å². The summed E-state index contributed by atoms with van der Waals surface area (Å²) in [5.74, 6) is -0.220. The third-order valence-electron chi connectivity index (χ3n) is 3.00. The zero-order valence-corrected chi connectivity index (χ0v) is 10.9. The highest BCUT2D eigenvalue weighted by molar-refractivity contribution is 5.99. The van der Waals surface area contributed by atoms with Crippen LogP contribution >= 0.6 is 0 Å². The number of rotatable bonds is 2. The minimum Gasteiger partial charge on any atom is -0.384 e. The molecule has 5 nitrogen and oxygen atoms in total. The van der Waals surface area contributed by atoms with E-state index in [9.17, 15) is 13.2 Å². The average molecular weight is 288 g/mol. The molecule has 0 saturated carbocycles. The smallest absolute Gasteiger partial charge is 0.384 e. The molecule has 1 atom stereocenters. The number of alkyl halides is 3. The number of amidine groups is 1. The van der Waals surface area contributed by atoms with E-state index in [-0.39, 0.29) is 23.3 Å². The van der Waals surface area contributed by atoms with Crippen LogP contribution in [0.4, 0.5) is 19.0 Å². The molecule has 1 aliphatic rings. The maximum Gasteiger partial charge on any atom is 0.433 e. The lowest BCUT2D eigenvalue weighted by Gasteiger charge is -2.33. The van der Waals surface area contributed by atoms with Crippen molar-refractivity contribution in [3.05, 3.63) is 23.4 Å². The molecule has 110 valence electrons. The van der Waals surface area contributed by atoms with Gasteiger partial charge in [0.05, 0.1) is 18.3 Å². The number of aromatic nitrogens is 1. The van der Waals surface area contributed by atoms with Gasteiger partial charge in [-0.15, -0.1) is 0 Å². The Morgan fingerprint density at radius 2 is 2.20 bits per heavy atom. The van der Waals surface area contributed by atoms with Crippen LogP contribution in [0.5, 0.6) is 0 Å². The first-order valence-corrected chi connectivity index (χ1v) is 6.08. The van der Waals surface area contributed by atoms with E-state index >= 15 is 0 Å². The van der Waals surface area contributed by atoms with Gasteiger partial charge in [-0.2, -0.15) is 13.2 Å². The van der Waals surface area contributed by atoms with Crippen molar-refractivity contribution in [2.75, 3.05) is 24.6 Å². The molecule has 20 heavy (non-hydrogen) atoms. The number of morpholine rings is 1. The topological polar surface area (TPSA) is 75.2 Å². The summed E-state index contributed by atoms with van der Waals surface area (Å²) in [5, 5.41) is 7.47.